The SMILES string of the molecule is COc1cccc(CN(C)CC(=O)N2CCN(c3ncccn3)CC2)c1OC. The fourth-order valence-electron chi connectivity index (χ4n) is 3.37. The number of carbonyl (C=O) groups is 1. The maximum absolute atomic E-state index is 12.7. The number of hydrogen-bond acceptors (Lipinski definition) is 7. The largest absolute Gasteiger partial charge is 0.493 e. The highest BCUT2D eigenvalue weighted by atomic mass is 16.5. The average Bonchev–Trinajstić information content (AvgIpc) is 2.74. The monoisotopic (exact) mass is 385 g/mol. The Labute approximate surface area is 165 Å². The molecule has 1 saturated heterocycles. The summed E-state index contributed by atoms with van der Waals surface area (Å²) in [5.41, 5.74) is 0.989. The van der Waals surface area contributed by atoms with Gasteiger partial charge in [-0.3, -0.25) is 9.69 Å². The maximum Gasteiger partial charge on any atom is 0.236 e. The quantitative estimate of drug-likeness (QED) is 0.711. The summed E-state index contributed by atoms with van der Waals surface area (Å²) in [6.07, 6.45) is 3.48. The number of methoxy groups -OCH3 is 2. The van der Waals surface area contributed by atoms with Crippen LogP contribution < -0.4 is 14.4 Å². The van der Waals surface area contributed by atoms with Gasteiger partial charge in [0.2, 0.25) is 11.9 Å². The van der Waals surface area contributed by atoms with Crippen LogP contribution in [0.2, 0.25) is 0 Å². The van der Waals surface area contributed by atoms with Crippen molar-refractivity contribution in [3.63, 3.8) is 0 Å². The van der Waals surface area contributed by atoms with E-state index < -0.39 is 0 Å². The first-order valence-corrected chi connectivity index (χ1v) is 9.30. The fraction of sp³-hybridized carbons (Fsp3) is 0.450. The molecule has 0 N–H and O–H groups in total. The first-order chi connectivity index (χ1) is 13.6. The Morgan fingerprint density at radius 3 is 2.43 bits per heavy atom. The second-order valence-electron chi connectivity index (χ2n) is 6.74. The van der Waals surface area contributed by atoms with E-state index in [1.807, 2.05) is 35.0 Å². The molecule has 2 heterocycles. The van der Waals surface area contributed by atoms with E-state index in [0.717, 1.165) is 24.6 Å². The number of amides is 1. The molecule has 0 atom stereocenters. The van der Waals surface area contributed by atoms with Gasteiger partial charge in [0, 0.05) is 50.7 Å². The fourth-order valence-corrected chi connectivity index (χ4v) is 3.37. The van der Waals surface area contributed by atoms with Gasteiger partial charge in [-0.05, 0) is 19.2 Å². The van der Waals surface area contributed by atoms with Crippen LogP contribution in [0.1, 0.15) is 5.56 Å². The third-order valence-corrected chi connectivity index (χ3v) is 4.80. The Bertz CT molecular complexity index is 779. The predicted molar refractivity (Wildman–Crippen MR) is 107 cm³/mol. The number of anilines is 1. The summed E-state index contributed by atoms with van der Waals surface area (Å²) >= 11 is 0. The van der Waals surface area contributed by atoms with Gasteiger partial charge in [-0.2, -0.15) is 0 Å². The second kappa shape index (κ2) is 9.36. The number of piperazine rings is 1. The molecular weight excluding hydrogens is 358 g/mol. The lowest BCUT2D eigenvalue weighted by atomic mass is 10.1. The first kappa shape index (κ1) is 19.9. The van der Waals surface area contributed by atoms with Crippen molar-refractivity contribution in [1.29, 1.82) is 0 Å². The smallest absolute Gasteiger partial charge is 0.236 e. The molecule has 0 bridgehead atoms. The maximum atomic E-state index is 12.7. The molecule has 28 heavy (non-hydrogen) atoms. The van der Waals surface area contributed by atoms with Gasteiger partial charge in [0.1, 0.15) is 0 Å². The van der Waals surface area contributed by atoms with E-state index >= 15 is 0 Å². The van der Waals surface area contributed by atoms with Gasteiger partial charge in [0.15, 0.2) is 11.5 Å². The zero-order chi connectivity index (χ0) is 19.9. The standard InChI is InChI=1S/C20H27N5O3/c1-23(14-16-6-4-7-17(27-2)19(16)28-3)15-18(26)24-10-12-25(13-11-24)20-21-8-5-9-22-20/h4-9H,10-15H2,1-3H3. The molecule has 1 aliphatic rings. The van der Waals surface area contributed by atoms with Crippen molar-refractivity contribution in [3.05, 3.63) is 42.2 Å². The number of nitrogens with zero attached hydrogens (tertiary/aromatic N) is 5. The van der Waals surface area contributed by atoms with Gasteiger partial charge in [-0.1, -0.05) is 12.1 Å². The van der Waals surface area contributed by atoms with Crippen LogP contribution >= 0.6 is 0 Å². The number of ether oxygens (including phenoxy) is 2. The third kappa shape index (κ3) is 4.69. The second-order valence-corrected chi connectivity index (χ2v) is 6.74. The highest BCUT2D eigenvalue weighted by Crippen LogP contribution is 2.31. The number of carbonyl (C=O) groups excluding carboxylic acids is 1. The minimum atomic E-state index is 0.123. The first-order valence-electron chi connectivity index (χ1n) is 9.30. The molecule has 150 valence electrons. The van der Waals surface area contributed by atoms with Gasteiger partial charge in [-0.25, -0.2) is 9.97 Å². The molecule has 0 saturated carbocycles. The van der Waals surface area contributed by atoms with Gasteiger partial charge in [-0.15, -0.1) is 0 Å². The summed E-state index contributed by atoms with van der Waals surface area (Å²) in [6, 6.07) is 7.58. The van der Waals surface area contributed by atoms with Crippen LogP contribution in [0.4, 0.5) is 5.95 Å². The number of rotatable bonds is 7. The Hall–Kier alpha value is -2.87. The van der Waals surface area contributed by atoms with Crippen molar-refractivity contribution in [3.8, 4) is 11.5 Å². The van der Waals surface area contributed by atoms with Crippen molar-refractivity contribution in [2.75, 3.05) is 58.9 Å². The van der Waals surface area contributed by atoms with Crippen molar-refractivity contribution in [2.45, 2.75) is 6.54 Å². The Balaban J connectivity index is 1.53. The molecule has 2 aromatic rings. The van der Waals surface area contributed by atoms with E-state index in [-0.39, 0.29) is 5.91 Å². The van der Waals surface area contributed by atoms with E-state index in [2.05, 4.69) is 14.9 Å². The van der Waals surface area contributed by atoms with E-state index in [4.69, 9.17) is 9.47 Å². The molecule has 0 spiro atoms. The van der Waals surface area contributed by atoms with Crippen LogP contribution in [0.15, 0.2) is 36.7 Å². The molecule has 1 aromatic heterocycles. The summed E-state index contributed by atoms with van der Waals surface area (Å²) in [6.45, 7) is 3.78. The normalized spacial score (nSPS) is 14.3. The van der Waals surface area contributed by atoms with Crippen LogP contribution in [0.3, 0.4) is 0 Å². The topological polar surface area (TPSA) is 71.0 Å². The molecule has 0 radical (unpaired) electrons. The Morgan fingerprint density at radius 2 is 1.79 bits per heavy atom. The lowest BCUT2D eigenvalue weighted by molar-refractivity contribution is -0.132. The van der Waals surface area contributed by atoms with E-state index in [9.17, 15) is 4.79 Å². The average molecular weight is 385 g/mol. The minimum absolute atomic E-state index is 0.123. The van der Waals surface area contributed by atoms with Crippen molar-refractivity contribution in [1.82, 2.24) is 19.8 Å². The third-order valence-electron chi connectivity index (χ3n) is 4.80. The molecule has 1 aromatic carbocycles. The molecule has 1 amide bonds. The number of para-hydroxylation sites is 1. The molecule has 3 rings (SSSR count). The summed E-state index contributed by atoms with van der Waals surface area (Å²) < 4.78 is 10.8. The summed E-state index contributed by atoms with van der Waals surface area (Å²) in [5, 5.41) is 0. The Kier molecular flexibility index (Phi) is 6.65. The molecule has 8 heteroatoms. The van der Waals surface area contributed by atoms with Crippen LogP contribution in [-0.4, -0.2) is 79.7 Å². The molecule has 0 unspecified atom stereocenters. The van der Waals surface area contributed by atoms with Crippen LogP contribution in [0, 0.1) is 0 Å². The highest BCUT2D eigenvalue weighted by Gasteiger charge is 2.23. The van der Waals surface area contributed by atoms with Crippen molar-refractivity contribution in [2.24, 2.45) is 0 Å². The van der Waals surface area contributed by atoms with Crippen molar-refractivity contribution < 1.29 is 14.3 Å². The lowest BCUT2D eigenvalue weighted by Gasteiger charge is -2.35. The molecule has 1 aliphatic heterocycles. The summed E-state index contributed by atoms with van der Waals surface area (Å²) in [5.74, 6) is 2.24. The van der Waals surface area contributed by atoms with E-state index in [1.54, 1.807) is 32.7 Å². The van der Waals surface area contributed by atoms with Gasteiger partial charge in [0.25, 0.3) is 0 Å². The highest BCUT2D eigenvalue weighted by molar-refractivity contribution is 5.78. The van der Waals surface area contributed by atoms with Gasteiger partial charge < -0.3 is 19.3 Å². The van der Waals surface area contributed by atoms with E-state index in [1.165, 1.54) is 0 Å². The molecule has 1 fully saturated rings. The Morgan fingerprint density at radius 1 is 1.07 bits per heavy atom. The summed E-state index contributed by atoms with van der Waals surface area (Å²) in [7, 11) is 5.18. The summed E-state index contributed by atoms with van der Waals surface area (Å²) in [4.78, 5) is 27.3. The zero-order valence-electron chi connectivity index (χ0n) is 16.7. The van der Waals surface area contributed by atoms with Crippen LogP contribution in [-0.2, 0) is 11.3 Å². The lowest BCUT2D eigenvalue weighted by Crippen LogP contribution is -2.51. The number of likely N-dealkylation sites (N-methyl/N-ethyl adjacent to an activating group) is 1. The molecular formula is C20H27N5O3. The van der Waals surface area contributed by atoms with Gasteiger partial charge in [0.05, 0.1) is 20.8 Å². The van der Waals surface area contributed by atoms with E-state index in [0.29, 0.717) is 37.7 Å². The van der Waals surface area contributed by atoms with Crippen LogP contribution in [0.5, 0.6) is 11.5 Å². The number of aromatic nitrogens is 2. The predicted octanol–water partition coefficient (Wildman–Crippen LogP) is 1.27. The number of hydrogen-bond donors (Lipinski definition) is 0. The number of benzene rings is 1. The van der Waals surface area contributed by atoms with Gasteiger partial charge >= 0.3 is 0 Å². The minimum Gasteiger partial charge on any atom is -0.493 e. The molecule has 8 nitrogen and oxygen atoms in total. The van der Waals surface area contributed by atoms with Crippen LogP contribution in [0.25, 0.3) is 0 Å². The molecule has 0 aliphatic carbocycles. The van der Waals surface area contributed by atoms with Crippen molar-refractivity contribution >= 4 is 11.9 Å². The zero-order valence-corrected chi connectivity index (χ0v) is 16.7.